The molecular formula is C7H12ClN. The summed E-state index contributed by atoms with van der Waals surface area (Å²) in [5.41, 5.74) is 1.60. The molecule has 0 aromatic carbocycles. The summed E-state index contributed by atoms with van der Waals surface area (Å²) in [7, 11) is 0. The van der Waals surface area contributed by atoms with Gasteiger partial charge < -0.3 is 0 Å². The maximum Gasteiger partial charge on any atom is 0.0174 e. The summed E-state index contributed by atoms with van der Waals surface area (Å²) in [6.07, 6.45) is 4.71. The van der Waals surface area contributed by atoms with E-state index in [9.17, 15) is 0 Å². The Morgan fingerprint density at radius 1 is 1.33 bits per heavy atom. The van der Waals surface area contributed by atoms with E-state index in [0.717, 1.165) is 6.54 Å². The fourth-order valence-corrected chi connectivity index (χ4v) is 1.23. The third kappa shape index (κ3) is 2.37. The van der Waals surface area contributed by atoms with Crippen LogP contribution in [-0.4, -0.2) is 24.5 Å². The predicted molar refractivity (Wildman–Crippen MR) is 40.7 cm³/mol. The van der Waals surface area contributed by atoms with E-state index in [1.807, 2.05) is 6.08 Å². The van der Waals surface area contributed by atoms with Crippen LogP contribution in [0.25, 0.3) is 0 Å². The molecule has 9 heavy (non-hydrogen) atoms. The van der Waals surface area contributed by atoms with Crippen molar-refractivity contribution < 1.29 is 0 Å². The number of likely N-dealkylation sites (tertiary alicyclic amines) is 1. The second-order valence-electron chi connectivity index (χ2n) is 2.37. The monoisotopic (exact) mass is 145 g/mol. The van der Waals surface area contributed by atoms with Gasteiger partial charge in [-0.15, -0.1) is 0 Å². The van der Waals surface area contributed by atoms with Crippen LogP contribution in [0.5, 0.6) is 0 Å². The Bertz CT molecular complexity index is 95.1. The Labute approximate surface area is 61.3 Å². The molecule has 1 aliphatic heterocycles. The molecule has 1 rings (SSSR count). The summed E-state index contributed by atoms with van der Waals surface area (Å²) in [4.78, 5) is 2.40. The van der Waals surface area contributed by atoms with Crippen molar-refractivity contribution in [2.45, 2.75) is 12.8 Å². The highest BCUT2D eigenvalue weighted by Crippen LogP contribution is 2.06. The van der Waals surface area contributed by atoms with Gasteiger partial charge in [0.2, 0.25) is 0 Å². The van der Waals surface area contributed by atoms with E-state index in [-0.39, 0.29) is 0 Å². The lowest BCUT2D eigenvalue weighted by atomic mass is 10.4. The molecule has 52 valence electrons. The lowest BCUT2D eigenvalue weighted by molar-refractivity contribution is 0.377. The van der Waals surface area contributed by atoms with Crippen LogP contribution in [0.1, 0.15) is 12.8 Å². The minimum Gasteiger partial charge on any atom is -0.300 e. The zero-order valence-electron chi connectivity index (χ0n) is 5.52. The Hall–Kier alpha value is -0.0100. The fourth-order valence-electron chi connectivity index (χ4n) is 1.15. The highest BCUT2D eigenvalue weighted by molar-refractivity contribution is 6.25. The third-order valence-corrected chi connectivity index (χ3v) is 1.83. The van der Waals surface area contributed by atoms with Gasteiger partial charge in [-0.25, -0.2) is 0 Å². The van der Waals surface area contributed by atoms with E-state index >= 15 is 0 Å². The van der Waals surface area contributed by atoms with Gasteiger partial charge in [-0.3, -0.25) is 4.90 Å². The Morgan fingerprint density at radius 2 is 2.00 bits per heavy atom. The number of nitrogens with zero attached hydrogens (tertiary/aromatic N) is 1. The van der Waals surface area contributed by atoms with E-state index in [4.69, 9.17) is 11.6 Å². The zero-order valence-corrected chi connectivity index (χ0v) is 6.27. The van der Waals surface area contributed by atoms with Gasteiger partial charge in [-0.1, -0.05) is 17.7 Å². The average molecular weight is 146 g/mol. The molecule has 0 bridgehead atoms. The van der Waals surface area contributed by atoms with Gasteiger partial charge in [0, 0.05) is 12.1 Å². The summed E-state index contributed by atoms with van der Waals surface area (Å²) in [5.74, 6) is 0. The molecule has 0 aliphatic carbocycles. The van der Waals surface area contributed by atoms with Gasteiger partial charge in [-0.2, -0.15) is 0 Å². The van der Waals surface area contributed by atoms with Crippen LogP contribution in [0.15, 0.2) is 11.6 Å². The molecule has 0 unspecified atom stereocenters. The summed E-state index contributed by atoms with van der Waals surface area (Å²) < 4.78 is 0. The molecule has 0 N–H and O–H groups in total. The van der Waals surface area contributed by atoms with Gasteiger partial charge in [-0.05, 0) is 25.9 Å². The molecule has 0 aromatic heterocycles. The standard InChI is InChI=1S/C7H12ClN/c8-4-3-7-9-5-1-2-6-9/h3-4H,1-2,5-7H2/b4-3-. The Kier molecular flexibility index (Phi) is 3.09. The maximum atomic E-state index is 5.37. The third-order valence-electron chi connectivity index (χ3n) is 1.65. The van der Waals surface area contributed by atoms with Crippen molar-refractivity contribution in [2.75, 3.05) is 19.6 Å². The molecule has 1 aliphatic rings. The van der Waals surface area contributed by atoms with Gasteiger partial charge in [0.15, 0.2) is 0 Å². The number of hydrogen-bond donors (Lipinski definition) is 0. The lowest BCUT2D eigenvalue weighted by Crippen LogP contribution is -2.18. The second kappa shape index (κ2) is 3.91. The van der Waals surface area contributed by atoms with Gasteiger partial charge in [0.1, 0.15) is 0 Å². The highest BCUT2D eigenvalue weighted by Gasteiger charge is 2.08. The first-order valence-corrected chi connectivity index (χ1v) is 3.84. The van der Waals surface area contributed by atoms with Gasteiger partial charge >= 0.3 is 0 Å². The smallest absolute Gasteiger partial charge is 0.0174 e. The molecule has 1 nitrogen and oxygen atoms in total. The summed E-state index contributed by atoms with van der Waals surface area (Å²) in [5, 5.41) is 0. The fraction of sp³-hybridized carbons (Fsp3) is 0.714. The van der Waals surface area contributed by atoms with Crippen molar-refractivity contribution >= 4 is 11.6 Å². The molecule has 0 atom stereocenters. The summed E-state index contributed by atoms with van der Waals surface area (Å²) in [6.45, 7) is 3.53. The van der Waals surface area contributed by atoms with E-state index < -0.39 is 0 Å². The molecule has 1 fully saturated rings. The first-order valence-electron chi connectivity index (χ1n) is 3.41. The summed E-state index contributed by atoms with van der Waals surface area (Å²) >= 11 is 5.37. The van der Waals surface area contributed by atoms with E-state index in [0.29, 0.717) is 0 Å². The lowest BCUT2D eigenvalue weighted by Gasteiger charge is -2.09. The van der Waals surface area contributed by atoms with Crippen LogP contribution in [0, 0.1) is 0 Å². The van der Waals surface area contributed by atoms with Crippen molar-refractivity contribution in [2.24, 2.45) is 0 Å². The SMILES string of the molecule is Cl/C=C\CN1CCCC1. The average Bonchev–Trinajstić information content (AvgIpc) is 2.34. The molecule has 1 heterocycles. The van der Waals surface area contributed by atoms with Crippen LogP contribution < -0.4 is 0 Å². The molecule has 2 heteroatoms. The van der Waals surface area contributed by atoms with Gasteiger partial charge in [0.05, 0.1) is 0 Å². The normalized spacial score (nSPS) is 21.9. The molecule has 0 amide bonds. The second-order valence-corrected chi connectivity index (χ2v) is 2.62. The number of hydrogen-bond acceptors (Lipinski definition) is 1. The van der Waals surface area contributed by atoms with Crippen LogP contribution >= 0.6 is 11.6 Å². The van der Waals surface area contributed by atoms with Gasteiger partial charge in [0.25, 0.3) is 0 Å². The van der Waals surface area contributed by atoms with Crippen LogP contribution in [0.4, 0.5) is 0 Å². The van der Waals surface area contributed by atoms with E-state index in [1.54, 1.807) is 5.54 Å². The van der Waals surface area contributed by atoms with Crippen LogP contribution in [0.3, 0.4) is 0 Å². The van der Waals surface area contributed by atoms with Crippen molar-refractivity contribution in [3.63, 3.8) is 0 Å². The number of halogens is 1. The first kappa shape index (κ1) is 7.10. The molecular weight excluding hydrogens is 134 g/mol. The molecule has 0 saturated carbocycles. The molecule has 0 spiro atoms. The van der Waals surface area contributed by atoms with E-state index in [1.165, 1.54) is 25.9 Å². The summed E-state index contributed by atoms with van der Waals surface area (Å²) in [6, 6.07) is 0. The predicted octanol–water partition coefficient (Wildman–Crippen LogP) is 1.83. The largest absolute Gasteiger partial charge is 0.300 e. The topological polar surface area (TPSA) is 3.24 Å². The zero-order chi connectivity index (χ0) is 6.53. The van der Waals surface area contributed by atoms with Crippen molar-refractivity contribution in [1.29, 1.82) is 0 Å². The van der Waals surface area contributed by atoms with Crippen LogP contribution in [0.2, 0.25) is 0 Å². The first-order chi connectivity index (χ1) is 4.43. The minimum atomic E-state index is 1.03. The molecule has 0 radical (unpaired) electrons. The van der Waals surface area contributed by atoms with Crippen molar-refractivity contribution in [1.82, 2.24) is 4.90 Å². The Morgan fingerprint density at radius 3 is 2.56 bits per heavy atom. The maximum absolute atomic E-state index is 5.37. The van der Waals surface area contributed by atoms with E-state index in [2.05, 4.69) is 4.90 Å². The van der Waals surface area contributed by atoms with Crippen molar-refractivity contribution in [3.8, 4) is 0 Å². The molecule has 0 aromatic rings. The van der Waals surface area contributed by atoms with Crippen LogP contribution in [-0.2, 0) is 0 Å². The quantitative estimate of drug-likeness (QED) is 0.573. The minimum absolute atomic E-state index is 1.03. The highest BCUT2D eigenvalue weighted by atomic mass is 35.5. The molecule has 1 saturated heterocycles. The van der Waals surface area contributed by atoms with Crippen molar-refractivity contribution in [3.05, 3.63) is 11.6 Å². The Balaban J connectivity index is 2.11. The number of rotatable bonds is 2.